The van der Waals surface area contributed by atoms with Crippen LogP contribution in [-0.2, 0) is 4.74 Å². The molecule has 0 aliphatic carbocycles. The molecule has 1 saturated heterocycles. The minimum Gasteiger partial charge on any atom is -0.373 e. The lowest BCUT2D eigenvalue weighted by Crippen LogP contribution is -2.51. The van der Waals surface area contributed by atoms with Crippen molar-refractivity contribution in [3.63, 3.8) is 0 Å². The third-order valence-corrected chi connectivity index (χ3v) is 3.21. The van der Waals surface area contributed by atoms with E-state index in [2.05, 4.69) is 5.16 Å². The molecule has 100 valence electrons. The summed E-state index contributed by atoms with van der Waals surface area (Å²) in [5.41, 5.74) is 7.00. The van der Waals surface area contributed by atoms with E-state index in [0.29, 0.717) is 36.7 Å². The van der Waals surface area contributed by atoms with Gasteiger partial charge in [-0.15, -0.1) is 0 Å². The van der Waals surface area contributed by atoms with Crippen molar-refractivity contribution < 1.29 is 14.1 Å². The lowest BCUT2D eigenvalue weighted by atomic mass is 10.1. The summed E-state index contributed by atoms with van der Waals surface area (Å²) in [7, 11) is 0. The van der Waals surface area contributed by atoms with Crippen LogP contribution in [0.3, 0.4) is 0 Å². The van der Waals surface area contributed by atoms with Crippen LogP contribution in [-0.4, -0.2) is 47.8 Å². The quantitative estimate of drug-likeness (QED) is 0.829. The molecule has 2 unspecified atom stereocenters. The first-order valence-corrected chi connectivity index (χ1v) is 6.10. The van der Waals surface area contributed by atoms with Gasteiger partial charge in [0.05, 0.1) is 18.4 Å². The Bertz CT molecular complexity index is 422. The number of nitrogens with two attached hydrogens (primary N) is 1. The van der Waals surface area contributed by atoms with E-state index in [-0.39, 0.29) is 18.1 Å². The zero-order valence-electron chi connectivity index (χ0n) is 11.0. The van der Waals surface area contributed by atoms with Gasteiger partial charge in [0.25, 0.3) is 5.91 Å². The third-order valence-electron chi connectivity index (χ3n) is 3.21. The van der Waals surface area contributed by atoms with Gasteiger partial charge in [-0.25, -0.2) is 0 Å². The van der Waals surface area contributed by atoms with Crippen molar-refractivity contribution in [3.05, 3.63) is 17.0 Å². The predicted octanol–water partition coefficient (Wildman–Crippen LogP) is 0.480. The smallest absolute Gasteiger partial charge is 0.259 e. The van der Waals surface area contributed by atoms with Gasteiger partial charge in [0.2, 0.25) is 0 Å². The number of morpholine rings is 1. The monoisotopic (exact) mass is 253 g/mol. The fraction of sp³-hybridized carbons (Fsp3) is 0.667. The first kappa shape index (κ1) is 13.0. The second-order valence-electron chi connectivity index (χ2n) is 4.72. The van der Waals surface area contributed by atoms with Gasteiger partial charge in [-0.05, 0) is 20.8 Å². The lowest BCUT2D eigenvalue weighted by Gasteiger charge is -2.34. The Morgan fingerprint density at radius 1 is 1.56 bits per heavy atom. The molecule has 2 atom stereocenters. The maximum absolute atomic E-state index is 12.4. The fourth-order valence-electron chi connectivity index (χ4n) is 2.12. The molecule has 0 aromatic carbocycles. The van der Waals surface area contributed by atoms with Crippen LogP contribution >= 0.6 is 0 Å². The van der Waals surface area contributed by atoms with Crippen molar-refractivity contribution in [2.75, 3.05) is 19.7 Å². The standard InChI is InChI=1S/C12H19N3O3/c1-7(13)10-6-15(4-5-17-10)12(16)11-8(2)14-18-9(11)3/h7,10H,4-6,13H2,1-3H3. The van der Waals surface area contributed by atoms with E-state index in [9.17, 15) is 4.79 Å². The van der Waals surface area contributed by atoms with E-state index in [4.69, 9.17) is 15.0 Å². The van der Waals surface area contributed by atoms with Crippen LogP contribution < -0.4 is 5.73 Å². The number of nitrogens with zero attached hydrogens (tertiary/aromatic N) is 2. The second-order valence-corrected chi connectivity index (χ2v) is 4.72. The highest BCUT2D eigenvalue weighted by molar-refractivity contribution is 5.96. The molecule has 2 N–H and O–H groups in total. The summed E-state index contributed by atoms with van der Waals surface area (Å²) in [5, 5.41) is 3.81. The first-order valence-electron chi connectivity index (χ1n) is 6.10. The van der Waals surface area contributed by atoms with Crippen LogP contribution in [0, 0.1) is 13.8 Å². The molecule has 1 aromatic rings. The van der Waals surface area contributed by atoms with Crippen molar-refractivity contribution in [1.29, 1.82) is 0 Å². The third kappa shape index (κ3) is 2.39. The molecule has 1 aromatic heterocycles. The van der Waals surface area contributed by atoms with E-state index in [1.165, 1.54) is 0 Å². The lowest BCUT2D eigenvalue weighted by molar-refractivity contribution is -0.0300. The number of hydrogen-bond donors (Lipinski definition) is 1. The zero-order valence-corrected chi connectivity index (χ0v) is 11.0. The molecule has 0 bridgehead atoms. The van der Waals surface area contributed by atoms with Crippen LogP contribution in [0.1, 0.15) is 28.7 Å². The molecule has 1 fully saturated rings. The van der Waals surface area contributed by atoms with Gasteiger partial charge in [0, 0.05) is 19.1 Å². The molecule has 2 rings (SSSR count). The van der Waals surface area contributed by atoms with Gasteiger partial charge in [-0.2, -0.15) is 0 Å². The molecule has 0 spiro atoms. The molecule has 6 nitrogen and oxygen atoms in total. The summed E-state index contributed by atoms with van der Waals surface area (Å²) < 4.78 is 10.6. The van der Waals surface area contributed by atoms with E-state index < -0.39 is 0 Å². The average molecular weight is 253 g/mol. The Balaban J connectivity index is 2.14. The van der Waals surface area contributed by atoms with Crippen LogP contribution in [0.25, 0.3) is 0 Å². The van der Waals surface area contributed by atoms with Crippen LogP contribution in [0.5, 0.6) is 0 Å². The molecule has 1 aliphatic rings. The number of aryl methyl sites for hydroxylation is 2. The molecule has 0 radical (unpaired) electrons. The largest absolute Gasteiger partial charge is 0.373 e. The number of carbonyl (C=O) groups excluding carboxylic acids is 1. The number of hydrogen-bond acceptors (Lipinski definition) is 5. The number of rotatable bonds is 2. The van der Waals surface area contributed by atoms with Crippen molar-refractivity contribution in [2.45, 2.75) is 32.9 Å². The zero-order chi connectivity index (χ0) is 13.3. The Morgan fingerprint density at radius 3 is 2.83 bits per heavy atom. The summed E-state index contributed by atoms with van der Waals surface area (Å²) in [6.45, 7) is 7.01. The second kappa shape index (κ2) is 5.07. The summed E-state index contributed by atoms with van der Waals surface area (Å²) in [6.07, 6.45) is -0.108. The highest BCUT2D eigenvalue weighted by Crippen LogP contribution is 2.17. The molecular weight excluding hydrogens is 234 g/mol. The normalized spacial score (nSPS) is 22.0. The molecule has 18 heavy (non-hydrogen) atoms. The van der Waals surface area contributed by atoms with Crippen LogP contribution in [0.4, 0.5) is 0 Å². The van der Waals surface area contributed by atoms with Gasteiger partial charge in [0.1, 0.15) is 11.3 Å². The number of amides is 1. The summed E-state index contributed by atoms with van der Waals surface area (Å²) in [5.74, 6) is 0.501. The number of aromatic nitrogens is 1. The minimum absolute atomic E-state index is 0.0554. The molecule has 1 amide bonds. The Hall–Kier alpha value is -1.40. The molecule has 6 heteroatoms. The van der Waals surface area contributed by atoms with Gasteiger partial charge in [-0.3, -0.25) is 4.79 Å². The highest BCUT2D eigenvalue weighted by Gasteiger charge is 2.29. The van der Waals surface area contributed by atoms with Gasteiger partial charge >= 0.3 is 0 Å². The SMILES string of the molecule is Cc1noc(C)c1C(=O)N1CCOC(C(C)N)C1. The van der Waals surface area contributed by atoms with E-state index in [1.807, 2.05) is 6.92 Å². The van der Waals surface area contributed by atoms with Crippen LogP contribution in [0.15, 0.2) is 4.52 Å². The Morgan fingerprint density at radius 2 is 2.28 bits per heavy atom. The Labute approximate surface area is 106 Å². The van der Waals surface area contributed by atoms with Crippen LogP contribution in [0.2, 0.25) is 0 Å². The van der Waals surface area contributed by atoms with Gasteiger partial charge < -0.3 is 19.9 Å². The van der Waals surface area contributed by atoms with Crippen molar-refractivity contribution in [1.82, 2.24) is 10.1 Å². The van der Waals surface area contributed by atoms with Gasteiger partial charge in [0.15, 0.2) is 0 Å². The molecular formula is C12H19N3O3. The summed E-state index contributed by atoms with van der Waals surface area (Å²) in [6, 6.07) is -0.0923. The predicted molar refractivity (Wildman–Crippen MR) is 65.3 cm³/mol. The molecule has 0 saturated carbocycles. The van der Waals surface area contributed by atoms with Gasteiger partial charge in [-0.1, -0.05) is 5.16 Å². The van der Waals surface area contributed by atoms with E-state index >= 15 is 0 Å². The topological polar surface area (TPSA) is 81.6 Å². The van der Waals surface area contributed by atoms with Crippen molar-refractivity contribution in [3.8, 4) is 0 Å². The first-order chi connectivity index (χ1) is 8.50. The molecule has 1 aliphatic heterocycles. The van der Waals surface area contributed by atoms with E-state index in [1.54, 1.807) is 18.7 Å². The number of ether oxygens (including phenoxy) is 1. The summed E-state index contributed by atoms with van der Waals surface area (Å²) in [4.78, 5) is 14.2. The minimum atomic E-state index is -0.108. The molecule has 2 heterocycles. The maximum Gasteiger partial charge on any atom is 0.259 e. The highest BCUT2D eigenvalue weighted by atomic mass is 16.5. The van der Waals surface area contributed by atoms with Crippen molar-refractivity contribution in [2.24, 2.45) is 5.73 Å². The fourth-order valence-corrected chi connectivity index (χ4v) is 2.12. The van der Waals surface area contributed by atoms with E-state index in [0.717, 1.165) is 0 Å². The number of carbonyl (C=O) groups is 1. The average Bonchev–Trinajstić information content (AvgIpc) is 2.68. The Kier molecular flexibility index (Phi) is 3.68. The summed E-state index contributed by atoms with van der Waals surface area (Å²) >= 11 is 0. The maximum atomic E-state index is 12.4. The van der Waals surface area contributed by atoms with Crippen molar-refractivity contribution >= 4 is 5.91 Å².